The van der Waals surface area contributed by atoms with E-state index < -0.39 is 20.6 Å². The summed E-state index contributed by atoms with van der Waals surface area (Å²) in [6.45, 7) is 0.649. The zero-order valence-electron chi connectivity index (χ0n) is 10.5. The number of nitro groups is 1. The zero-order chi connectivity index (χ0) is 14.6. The van der Waals surface area contributed by atoms with Crippen LogP contribution >= 0.6 is 11.6 Å². The molecule has 0 saturated heterocycles. The maximum Gasteiger partial charge on any atom is 0.290 e. The van der Waals surface area contributed by atoms with Gasteiger partial charge >= 0.3 is 0 Å². The topological polar surface area (TPSA) is 92.6 Å². The van der Waals surface area contributed by atoms with Gasteiger partial charge in [0, 0.05) is 24.2 Å². The molecule has 19 heavy (non-hydrogen) atoms. The van der Waals surface area contributed by atoms with Crippen molar-refractivity contribution in [1.29, 1.82) is 0 Å². The standard InChI is InChI=1S/C10H14ClN3O4S/c1-13(2)6-5-12-19(17,18)10-4-3-8(11)7-9(10)14(15)16/h3-4,7,12H,5-6H2,1-2H3. The highest BCUT2D eigenvalue weighted by Crippen LogP contribution is 2.26. The summed E-state index contributed by atoms with van der Waals surface area (Å²) in [5, 5.41) is 11.0. The quantitative estimate of drug-likeness (QED) is 0.627. The highest BCUT2D eigenvalue weighted by atomic mass is 35.5. The summed E-state index contributed by atoms with van der Waals surface area (Å²) in [4.78, 5) is 11.5. The van der Waals surface area contributed by atoms with Crippen LogP contribution in [0, 0.1) is 10.1 Å². The van der Waals surface area contributed by atoms with Crippen LogP contribution in [0.2, 0.25) is 5.02 Å². The second-order valence-electron chi connectivity index (χ2n) is 4.07. The van der Waals surface area contributed by atoms with Crippen LogP contribution in [0.25, 0.3) is 0 Å². The van der Waals surface area contributed by atoms with Crippen LogP contribution in [0.4, 0.5) is 5.69 Å². The minimum atomic E-state index is -3.93. The fraction of sp³-hybridized carbons (Fsp3) is 0.400. The smallest absolute Gasteiger partial charge is 0.290 e. The highest BCUT2D eigenvalue weighted by molar-refractivity contribution is 7.89. The van der Waals surface area contributed by atoms with Crippen LogP contribution in [-0.4, -0.2) is 45.4 Å². The molecule has 0 atom stereocenters. The van der Waals surface area contributed by atoms with Gasteiger partial charge in [-0.15, -0.1) is 0 Å². The third-order valence-electron chi connectivity index (χ3n) is 2.26. The second kappa shape index (κ2) is 6.29. The van der Waals surface area contributed by atoms with Crippen LogP contribution in [0.5, 0.6) is 0 Å². The Morgan fingerprint density at radius 1 is 1.42 bits per heavy atom. The molecule has 1 N–H and O–H groups in total. The molecule has 0 saturated carbocycles. The maximum absolute atomic E-state index is 12.0. The van der Waals surface area contributed by atoms with Gasteiger partial charge in [0.05, 0.1) is 4.92 Å². The van der Waals surface area contributed by atoms with Gasteiger partial charge in [-0.05, 0) is 26.2 Å². The molecule has 0 bridgehead atoms. The van der Waals surface area contributed by atoms with E-state index in [-0.39, 0.29) is 16.5 Å². The van der Waals surface area contributed by atoms with Crippen LogP contribution in [0.15, 0.2) is 23.1 Å². The summed E-state index contributed by atoms with van der Waals surface area (Å²) in [5.74, 6) is 0. The normalized spacial score (nSPS) is 11.8. The molecule has 0 fully saturated rings. The van der Waals surface area contributed by atoms with Gasteiger partial charge in [-0.25, -0.2) is 13.1 Å². The lowest BCUT2D eigenvalue weighted by molar-refractivity contribution is -0.387. The second-order valence-corrected chi connectivity index (χ2v) is 6.24. The van der Waals surface area contributed by atoms with Gasteiger partial charge in [-0.1, -0.05) is 11.6 Å². The first-order chi connectivity index (χ1) is 8.74. The lowest BCUT2D eigenvalue weighted by Gasteiger charge is -2.11. The molecule has 106 valence electrons. The van der Waals surface area contributed by atoms with Crippen molar-refractivity contribution in [3.05, 3.63) is 33.3 Å². The van der Waals surface area contributed by atoms with Crippen molar-refractivity contribution in [2.75, 3.05) is 27.2 Å². The number of hydrogen-bond donors (Lipinski definition) is 1. The van der Waals surface area contributed by atoms with E-state index in [1.165, 1.54) is 6.07 Å². The number of nitro benzene ring substituents is 1. The Balaban J connectivity index is 3.04. The third kappa shape index (κ3) is 4.43. The number of nitrogens with one attached hydrogen (secondary N) is 1. The number of halogens is 1. The van der Waals surface area contributed by atoms with Gasteiger partial charge in [0.25, 0.3) is 5.69 Å². The van der Waals surface area contributed by atoms with Crippen molar-refractivity contribution >= 4 is 27.3 Å². The highest BCUT2D eigenvalue weighted by Gasteiger charge is 2.25. The largest absolute Gasteiger partial charge is 0.308 e. The molecule has 0 unspecified atom stereocenters. The Hall–Kier alpha value is -1.22. The minimum absolute atomic E-state index is 0.110. The van der Waals surface area contributed by atoms with Crippen molar-refractivity contribution in [3.63, 3.8) is 0 Å². The SMILES string of the molecule is CN(C)CCNS(=O)(=O)c1ccc(Cl)cc1[N+](=O)[O-]. The molecule has 0 spiro atoms. The Morgan fingerprint density at radius 3 is 2.58 bits per heavy atom. The number of nitrogens with zero attached hydrogens (tertiary/aromatic N) is 2. The molecule has 0 aromatic heterocycles. The van der Waals surface area contributed by atoms with E-state index >= 15 is 0 Å². The molecule has 1 aromatic rings. The van der Waals surface area contributed by atoms with Crippen LogP contribution in [-0.2, 0) is 10.0 Å². The maximum atomic E-state index is 12.0. The van der Waals surface area contributed by atoms with Crippen LogP contribution in [0.3, 0.4) is 0 Å². The number of sulfonamides is 1. The summed E-state index contributed by atoms with van der Waals surface area (Å²) >= 11 is 5.63. The fourth-order valence-corrected chi connectivity index (χ4v) is 2.68. The number of benzene rings is 1. The first-order valence-corrected chi connectivity index (χ1v) is 7.18. The summed E-state index contributed by atoms with van der Waals surface area (Å²) in [6, 6.07) is 3.44. The van der Waals surface area contributed by atoms with Gasteiger partial charge in [0.2, 0.25) is 10.0 Å². The lowest BCUT2D eigenvalue weighted by atomic mass is 10.3. The van der Waals surface area contributed by atoms with E-state index in [9.17, 15) is 18.5 Å². The molecule has 1 aromatic carbocycles. The molecular weight excluding hydrogens is 294 g/mol. The van der Waals surface area contributed by atoms with Crippen LogP contribution in [0.1, 0.15) is 0 Å². The minimum Gasteiger partial charge on any atom is -0.308 e. The van der Waals surface area contributed by atoms with Crippen molar-refractivity contribution in [3.8, 4) is 0 Å². The Labute approximate surface area is 116 Å². The third-order valence-corrected chi connectivity index (χ3v) is 4.00. The molecular formula is C10H14ClN3O4S. The summed E-state index contributed by atoms with van der Waals surface area (Å²) in [6.07, 6.45) is 0. The molecule has 9 heteroatoms. The van der Waals surface area contributed by atoms with E-state index in [2.05, 4.69) is 4.72 Å². The number of rotatable bonds is 6. The molecule has 0 aliphatic heterocycles. The van der Waals surface area contributed by atoms with Gasteiger partial charge in [0.15, 0.2) is 4.90 Å². The molecule has 0 aliphatic rings. The number of hydrogen-bond acceptors (Lipinski definition) is 5. The van der Waals surface area contributed by atoms with Crippen LogP contribution < -0.4 is 4.72 Å². The molecule has 0 heterocycles. The summed E-state index contributed by atoms with van der Waals surface area (Å²) < 4.78 is 26.3. The first-order valence-electron chi connectivity index (χ1n) is 5.32. The van der Waals surface area contributed by atoms with Crippen molar-refractivity contribution < 1.29 is 13.3 Å². The van der Waals surface area contributed by atoms with Gasteiger partial charge < -0.3 is 4.90 Å². The average Bonchev–Trinajstić information content (AvgIpc) is 2.27. The fourth-order valence-electron chi connectivity index (χ4n) is 1.34. The molecule has 7 nitrogen and oxygen atoms in total. The molecule has 0 amide bonds. The Morgan fingerprint density at radius 2 is 2.05 bits per heavy atom. The molecule has 1 rings (SSSR count). The molecule has 0 radical (unpaired) electrons. The van der Waals surface area contributed by atoms with E-state index in [4.69, 9.17) is 11.6 Å². The first kappa shape index (κ1) is 15.8. The predicted octanol–water partition coefficient (Wildman–Crippen LogP) is 1.09. The van der Waals surface area contributed by atoms with Crippen molar-refractivity contribution in [2.45, 2.75) is 4.90 Å². The molecule has 0 aliphatic carbocycles. The van der Waals surface area contributed by atoms with E-state index in [1.807, 2.05) is 0 Å². The van der Waals surface area contributed by atoms with Gasteiger partial charge in [-0.3, -0.25) is 10.1 Å². The lowest BCUT2D eigenvalue weighted by Crippen LogP contribution is -2.31. The monoisotopic (exact) mass is 307 g/mol. The van der Waals surface area contributed by atoms with Gasteiger partial charge in [-0.2, -0.15) is 0 Å². The predicted molar refractivity (Wildman–Crippen MR) is 71.8 cm³/mol. The van der Waals surface area contributed by atoms with E-state index in [0.717, 1.165) is 12.1 Å². The van der Waals surface area contributed by atoms with E-state index in [0.29, 0.717) is 6.54 Å². The zero-order valence-corrected chi connectivity index (χ0v) is 12.0. The summed E-state index contributed by atoms with van der Waals surface area (Å²) in [5.41, 5.74) is -0.537. The Kier molecular flexibility index (Phi) is 5.24. The van der Waals surface area contributed by atoms with E-state index in [1.54, 1.807) is 19.0 Å². The average molecular weight is 308 g/mol. The van der Waals surface area contributed by atoms with Crippen molar-refractivity contribution in [2.24, 2.45) is 0 Å². The van der Waals surface area contributed by atoms with Gasteiger partial charge in [0.1, 0.15) is 0 Å². The Bertz CT molecular complexity index is 574. The van der Waals surface area contributed by atoms with Crippen molar-refractivity contribution in [1.82, 2.24) is 9.62 Å². The summed E-state index contributed by atoms with van der Waals surface area (Å²) in [7, 11) is -0.344. The number of likely N-dealkylation sites (N-methyl/N-ethyl adjacent to an activating group) is 1.